The highest BCUT2D eigenvalue weighted by atomic mass is 16.3. The molecule has 4 rings (SSSR count). The lowest BCUT2D eigenvalue weighted by Crippen LogP contribution is -2.31. The molecule has 0 saturated carbocycles. The van der Waals surface area contributed by atoms with Crippen molar-refractivity contribution in [2.45, 2.75) is 45.4 Å². The summed E-state index contributed by atoms with van der Waals surface area (Å²) in [6.45, 7) is 3.67. The Morgan fingerprint density at radius 2 is 2.07 bits per heavy atom. The minimum Gasteiger partial charge on any atom is -0.467 e. The molecule has 0 fully saturated rings. The first-order valence-electron chi connectivity index (χ1n) is 9.61. The molecule has 3 aromatic rings. The fraction of sp³-hybridized carbons (Fsp3) is 0.400. The van der Waals surface area contributed by atoms with Crippen LogP contribution in [0.15, 0.2) is 47.1 Å². The minimum atomic E-state index is -0.00124. The van der Waals surface area contributed by atoms with Crippen molar-refractivity contribution in [1.82, 2.24) is 30.4 Å². The van der Waals surface area contributed by atoms with Crippen LogP contribution in [0.3, 0.4) is 0 Å². The predicted octanol–water partition coefficient (Wildman–Crippen LogP) is 1.92. The molecule has 0 unspecified atom stereocenters. The van der Waals surface area contributed by atoms with Gasteiger partial charge in [-0.25, -0.2) is 4.68 Å². The largest absolute Gasteiger partial charge is 0.467 e. The van der Waals surface area contributed by atoms with Crippen molar-refractivity contribution < 1.29 is 9.21 Å². The summed E-state index contributed by atoms with van der Waals surface area (Å²) in [5.74, 6) is 1.59. The van der Waals surface area contributed by atoms with Crippen molar-refractivity contribution in [3.8, 4) is 0 Å². The third kappa shape index (κ3) is 4.64. The normalized spacial score (nSPS) is 14.0. The standard InChI is InChI=1S/C20H24N6O2/c27-20(21-13-18-7-4-12-28-18)8-3-10-26-19(22-23-24-26)15-25-11-9-16-5-1-2-6-17(16)14-25/h1-2,4-7,12H,3,8-11,13-15H2,(H,21,27). The van der Waals surface area contributed by atoms with Gasteiger partial charge in [0.2, 0.25) is 5.91 Å². The molecule has 1 aliphatic heterocycles. The van der Waals surface area contributed by atoms with Gasteiger partial charge in [0, 0.05) is 26.1 Å². The number of aromatic nitrogens is 4. The zero-order valence-electron chi connectivity index (χ0n) is 15.8. The second kappa shape index (κ2) is 8.79. The number of hydrogen-bond acceptors (Lipinski definition) is 6. The molecule has 1 aliphatic rings. The van der Waals surface area contributed by atoms with Crippen LogP contribution in [-0.4, -0.2) is 37.6 Å². The highest BCUT2D eigenvalue weighted by Gasteiger charge is 2.18. The van der Waals surface area contributed by atoms with E-state index in [1.54, 1.807) is 10.9 Å². The second-order valence-electron chi connectivity index (χ2n) is 7.01. The lowest BCUT2D eigenvalue weighted by atomic mass is 10.00. The molecule has 8 heteroatoms. The van der Waals surface area contributed by atoms with Gasteiger partial charge in [-0.2, -0.15) is 0 Å². The SMILES string of the molecule is O=C(CCCn1nnnc1CN1CCc2ccccc2C1)NCc1ccco1. The van der Waals surface area contributed by atoms with E-state index in [-0.39, 0.29) is 5.91 Å². The molecule has 0 spiro atoms. The number of carbonyl (C=O) groups excluding carboxylic acids is 1. The molecular formula is C20H24N6O2. The number of hydrogen-bond donors (Lipinski definition) is 1. The Kier molecular flexibility index (Phi) is 5.77. The van der Waals surface area contributed by atoms with E-state index in [1.807, 2.05) is 12.1 Å². The fourth-order valence-corrected chi connectivity index (χ4v) is 3.48. The summed E-state index contributed by atoms with van der Waals surface area (Å²) in [5.41, 5.74) is 2.81. The van der Waals surface area contributed by atoms with Gasteiger partial charge in [0.05, 0.1) is 19.4 Å². The Labute approximate surface area is 163 Å². The third-order valence-corrected chi connectivity index (χ3v) is 4.99. The highest BCUT2D eigenvalue weighted by Crippen LogP contribution is 2.19. The van der Waals surface area contributed by atoms with Crippen LogP contribution < -0.4 is 5.32 Å². The molecule has 1 aromatic carbocycles. The number of carbonyl (C=O) groups is 1. The van der Waals surface area contributed by atoms with E-state index in [0.717, 1.165) is 31.1 Å². The molecule has 28 heavy (non-hydrogen) atoms. The summed E-state index contributed by atoms with van der Waals surface area (Å²) >= 11 is 0. The number of nitrogens with one attached hydrogen (secondary N) is 1. The Morgan fingerprint density at radius 3 is 2.93 bits per heavy atom. The third-order valence-electron chi connectivity index (χ3n) is 4.99. The maximum absolute atomic E-state index is 12.0. The lowest BCUT2D eigenvalue weighted by molar-refractivity contribution is -0.121. The summed E-state index contributed by atoms with van der Waals surface area (Å²) in [6, 6.07) is 12.2. The second-order valence-corrected chi connectivity index (χ2v) is 7.01. The van der Waals surface area contributed by atoms with E-state index in [9.17, 15) is 4.79 Å². The minimum absolute atomic E-state index is 0.00124. The number of aryl methyl sites for hydroxylation is 1. The van der Waals surface area contributed by atoms with E-state index in [4.69, 9.17) is 4.42 Å². The zero-order valence-corrected chi connectivity index (χ0v) is 15.8. The van der Waals surface area contributed by atoms with Gasteiger partial charge in [-0.15, -0.1) is 5.10 Å². The maximum atomic E-state index is 12.0. The molecule has 3 heterocycles. The van der Waals surface area contributed by atoms with Gasteiger partial charge in [0.1, 0.15) is 5.76 Å². The molecule has 1 amide bonds. The number of nitrogens with zero attached hydrogens (tertiary/aromatic N) is 5. The first kappa shape index (κ1) is 18.4. The molecule has 146 valence electrons. The van der Waals surface area contributed by atoms with Crippen molar-refractivity contribution in [1.29, 1.82) is 0 Å². The quantitative estimate of drug-likeness (QED) is 0.642. The first-order chi connectivity index (χ1) is 13.8. The van der Waals surface area contributed by atoms with Crippen LogP contribution in [0.2, 0.25) is 0 Å². The van der Waals surface area contributed by atoms with Gasteiger partial charge in [-0.1, -0.05) is 24.3 Å². The van der Waals surface area contributed by atoms with Crippen molar-refractivity contribution in [3.63, 3.8) is 0 Å². The predicted molar refractivity (Wildman–Crippen MR) is 102 cm³/mol. The Morgan fingerprint density at radius 1 is 1.18 bits per heavy atom. The average Bonchev–Trinajstić information content (AvgIpc) is 3.39. The van der Waals surface area contributed by atoms with E-state index in [1.165, 1.54) is 11.1 Å². The molecular weight excluding hydrogens is 356 g/mol. The molecule has 0 atom stereocenters. The summed E-state index contributed by atoms with van der Waals surface area (Å²) in [5, 5.41) is 14.9. The van der Waals surface area contributed by atoms with Gasteiger partial charge in [-0.05, 0) is 46.5 Å². The molecule has 8 nitrogen and oxygen atoms in total. The van der Waals surface area contributed by atoms with Gasteiger partial charge >= 0.3 is 0 Å². The lowest BCUT2D eigenvalue weighted by Gasteiger charge is -2.28. The molecule has 0 bridgehead atoms. The Bertz CT molecular complexity index is 905. The van der Waals surface area contributed by atoms with Gasteiger partial charge < -0.3 is 9.73 Å². The van der Waals surface area contributed by atoms with E-state index in [0.29, 0.717) is 32.5 Å². The number of tetrazole rings is 1. The smallest absolute Gasteiger partial charge is 0.220 e. The van der Waals surface area contributed by atoms with Crippen molar-refractivity contribution >= 4 is 5.91 Å². The number of benzene rings is 1. The van der Waals surface area contributed by atoms with Crippen LogP contribution in [0.4, 0.5) is 0 Å². The van der Waals surface area contributed by atoms with E-state index in [2.05, 4.69) is 50.0 Å². The van der Waals surface area contributed by atoms with E-state index >= 15 is 0 Å². The van der Waals surface area contributed by atoms with Gasteiger partial charge in [0.25, 0.3) is 0 Å². The van der Waals surface area contributed by atoms with Crippen molar-refractivity contribution in [3.05, 3.63) is 65.4 Å². The molecule has 0 aliphatic carbocycles. The number of rotatable bonds is 8. The number of amides is 1. The van der Waals surface area contributed by atoms with Crippen LogP contribution in [0.1, 0.15) is 35.6 Å². The topological polar surface area (TPSA) is 89.1 Å². The molecule has 0 saturated heterocycles. The van der Waals surface area contributed by atoms with Crippen LogP contribution in [0.5, 0.6) is 0 Å². The van der Waals surface area contributed by atoms with Gasteiger partial charge in [-0.3, -0.25) is 9.69 Å². The van der Waals surface area contributed by atoms with Crippen LogP contribution in [0.25, 0.3) is 0 Å². The Hall–Kier alpha value is -3.00. The molecule has 2 aromatic heterocycles. The van der Waals surface area contributed by atoms with Crippen molar-refractivity contribution in [2.75, 3.05) is 6.54 Å². The molecule has 0 radical (unpaired) electrons. The summed E-state index contributed by atoms with van der Waals surface area (Å²) in [6.07, 6.45) is 3.76. The first-order valence-corrected chi connectivity index (χ1v) is 9.61. The highest BCUT2D eigenvalue weighted by molar-refractivity contribution is 5.75. The Balaban J connectivity index is 1.24. The summed E-state index contributed by atoms with van der Waals surface area (Å²) in [4.78, 5) is 14.3. The van der Waals surface area contributed by atoms with E-state index < -0.39 is 0 Å². The zero-order chi connectivity index (χ0) is 19.2. The number of fused-ring (bicyclic) bond motifs is 1. The molecule has 1 N–H and O–H groups in total. The summed E-state index contributed by atoms with van der Waals surface area (Å²) in [7, 11) is 0. The maximum Gasteiger partial charge on any atom is 0.220 e. The van der Waals surface area contributed by atoms with Crippen LogP contribution >= 0.6 is 0 Å². The number of furan rings is 1. The average molecular weight is 380 g/mol. The van der Waals surface area contributed by atoms with Crippen molar-refractivity contribution in [2.24, 2.45) is 0 Å². The summed E-state index contributed by atoms with van der Waals surface area (Å²) < 4.78 is 7.01. The fourth-order valence-electron chi connectivity index (χ4n) is 3.48. The van der Waals surface area contributed by atoms with Gasteiger partial charge in [0.15, 0.2) is 5.82 Å². The van der Waals surface area contributed by atoms with Crippen LogP contribution in [0, 0.1) is 0 Å². The van der Waals surface area contributed by atoms with Crippen LogP contribution in [-0.2, 0) is 37.4 Å². The monoisotopic (exact) mass is 380 g/mol.